The van der Waals surface area contributed by atoms with Crippen molar-refractivity contribution in [2.75, 3.05) is 21.3 Å². The topological polar surface area (TPSA) is 27.7 Å². The summed E-state index contributed by atoms with van der Waals surface area (Å²) < 4.78 is 16.4. The van der Waals surface area contributed by atoms with E-state index in [1.165, 1.54) is 16.7 Å². The van der Waals surface area contributed by atoms with Crippen LogP contribution in [-0.4, -0.2) is 21.3 Å². The average Bonchev–Trinajstić information content (AvgIpc) is 2.49. The molecule has 2 aromatic carbocycles. The van der Waals surface area contributed by atoms with Crippen molar-refractivity contribution < 1.29 is 14.2 Å². The molecule has 0 radical (unpaired) electrons. The Morgan fingerprint density at radius 3 is 1.76 bits per heavy atom. The second-order valence-corrected chi connectivity index (χ2v) is 5.16. The molecular weight excluding hydrogens is 264 g/mol. The summed E-state index contributed by atoms with van der Waals surface area (Å²) in [5, 5.41) is 0. The van der Waals surface area contributed by atoms with Gasteiger partial charge >= 0.3 is 0 Å². The molecule has 0 saturated carbocycles. The Hall–Kier alpha value is -2.16. The molecule has 0 aliphatic heterocycles. The standard InChI is InChI=1S/C18H22O3/c1-11-7-12(2)13(3)15(8-11)18-16(20-5)9-14(19-4)10-17(18)21-6/h7-10H,1-6H3. The maximum absolute atomic E-state index is 5.56. The molecule has 0 atom stereocenters. The summed E-state index contributed by atoms with van der Waals surface area (Å²) in [6, 6.07) is 8.11. The first-order valence-electron chi connectivity index (χ1n) is 6.90. The van der Waals surface area contributed by atoms with E-state index in [-0.39, 0.29) is 0 Å². The third kappa shape index (κ3) is 2.82. The Labute approximate surface area is 126 Å². The third-order valence-corrected chi connectivity index (χ3v) is 3.80. The summed E-state index contributed by atoms with van der Waals surface area (Å²) in [4.78, 5) is 0. The van der Waals surface area contributed by atoms with Gasteiger partial charge < -0.3 is 14.2 Å². The normalized spacial score (nSPS) is 10.4. The highest BCUT2D eigenvalue weighted by atomic mass is 16.5. The van der Waals surface area contributed by atoms with E-state index in [1.807, 2.05) is 12.1 Å². The highest BCUT2D eigenvalue weighted by molar-refractivity contribution is 5.81. The number of hydrogen-bond donors (Lipinski definition) is 0. The second-order valence-electron chi connectivity index (χ2n) is 5.16. The van der Waals surface area contributed by atoms with Gasteiger partial charge in [-0.2, -0.15) is 0 Å². The highest BCUT2D eigenvalue weighted by Gasteiger charge is 2.18. The van der Waals surface area contributed by atoms with E-state index in [4.69, 9.17) is 14.2 Å². The quantitative estimate of drug-likeness (QED) is 0.838. The Morgan fingerprint density at radius 2 is 1.29 bits per heavy atom. The van der Waals surface area contributed by atoms with Crippen LogP contribution in [0.1, 0.15) is 16.7 Å². The van der Waals surface area contributed by atoms with Gasteiger partial charge in [0.2, 0.25) is 0 Å². The second kappa shape index (κ2) is 6.08. The van der Waals surface area contributed by atoms with Gasteiger partial charge in [-0.15, -0.1) is 0 Å². The van der Waals surface area contributed by atoms with Crippen LogP contribution >= 0.6 is 0 Å². The summed E-state index contributed by atoms with van der Waals surface area (Å²) in [5.74, 6) is 2.22. The van der Waals surface area contributed by atoms with Gasteiger partial charge in [0.1, 0.15) is 17.2 Å². The fourth-order valence-electron chi connectivity index (χ4n) is 2.57. The van der Waals surface area contributed by atoms with Crippen LogP contribution in [0.5, 0.6) is 17.2 Å². The van der Waals surface area contributed by atoms with Gasteiger partial charge in [0.05, 0.1) is 26.9 Å². The number of hydrogen-bond acceptors (Lipinski definition) is 3. The van der Waals surface area contributed by atoms with Crippen LogP contribution in [0.15, 0.2) is 24.3 Å². The number of aryl methyl sites for hydroxylation is 2. The molecule has 0 N–H and O–H groups in total. The lowest BCUT2D eigenvalue weighted by atomic mass is 9.93. The van der Waals surface area contributed by atoms with Crippen molar-refractivity contribution in [1.82, 2.24) is 0 Å². The van der Waals surface area contributed by atoms with Crippen LogP contribution in [-0.2, 0) is 0 Å². The average molecular weight is 286 g/mol. The van der Waals surface area contributed by atoms with Crippen LogP contribution in [0.2, 0.25) is 0 Å². The molecule has 3 nitrogen and oxygen atoms in total. The molecule has 0 bridgehead atoms. The molecule has 0 unspecified atom stereocenters. The van der Waals surface area contributed by atoms with Gasteiger partial charge in [0, 0.05) is 12.1 Å². The SMILES string of the molecule is COc1cc(OC)c(-c2cc(C)cc(C)c2C)c(OC)c1. The van der Waals surface area contributed by atoms with E-state index in [0.717, 1.165) is 28.4 Å². The van der Waals surface area contributed by atoms with Crippen molar-refractivity contribution >= 4 is 0 Å². The van der Waals surface area contributed by atoms with Crippen LogP contribution < -0.4 is 14.2 Å². The molecule has 112 valence electrons. The van der Waals surface area contributed by atoms with Gasteiger partial charge in [-0.25, -0.2) is 0 Å². The third-order valence-electron chi connectivity index (χ3n) is 3.80. The molecular formula is C18H22O3. The Balaban J connectivity index is 2.79. The van der Waals surface area contributed by atoms with Gasteiger partial charge in [0.15, 0.2) is 0 Å². The smallest absolute Gasteiger partial charge is 0.134 e. The van der Waals surface area contributed by atoms with E-state index in [9.17, 15) is 0 Å². The van der Waals surface area contributed by atoms with Crippen molar-refractivity contribution in [3.63, 3.8) is 0 Å². The zero-order valence-electron chi connectivity index (χ0n) is 13.5. The van der Waals surface area contributed by atoms with E-state index >= 15 is 0 Å². The van der Waals surface area contributed by atoms with E-state index in [2.05, 4.69) is 32.9 Å². The maximum Gasteiger partial charge on any atom is 0.134 e. The summed E-state index contributed by atoms with van der Waals surface area (Å²) in [7, 11) is 4.96. The molecule has 3 heteroatoms. The molecule has 0 saturated heterocycles. The van der Waals surface area contributed by atoms with E-state index in [0.29, 0.717) is 0 Å². The molecule has 21 heavy (non-hydrogen) atoms. The molecule has 0 amide bonds. The molecule has 0 aliphatic rings. The van der Waals surface area contributed by atoms with Crippen molar-refractivity contribution in [1.29, 1.82) is 0 Å². The summed E-state index contributed by atoms with van der Waals surface area (Å²) >= 11 is 0. The first-order valence-corrected chi connectivity index (χ1v) is 6.90. The Bertz CT molecular complexity index is 635. The fourth-order valence-corrected chi connectivity index (χ4v) is 2.57. The largest absolute Gasteiger partial charge is 0.496 e. The van der Waals surface area contributed by atoms with Crippen molar-refractivity contribution in [2.45, 2.75) is 20.8 Å². The number of rotatable bonds is 4. The fraction of sp³-hybridized carbons (Fsp3) is 0.333. The Morgan fingerprint density at radius 1 is 0.714 bits per heavy atom. The minimum atomic E-state index is 0.717. The lowest BCUT2D eigenvalue weighted by Crippen LogP contribution is -1.98. The predicted molar refractivity (Wildman–Crippen MR) is 85.7 cm³/mol. The summed E-state index contributed by atoms with van der Waals surface area (Å²) in [6.45, 7) is 6.33. The molecule has 0 aromatic heterocycles. The lowest BCUT2D eigenvalue weighted by Gasteiger charge is -2.18. The highest BCUT2D eigenvalue weighted by Crippen LogP contribution is 2.43. The van der Waals surface area contributed by atoms with Crippen LogP contribution in [0.4, 0.5) is 0 Å². The molecule has 0 fully saturated rings. The number of ether oxygens (including phenoxy) is 3. The van der Waals surface area contributed by atoms with Gasteiger partial charge in [-0.05, 0) is 37.5 Å². The minimum Gasteiger partial charge on any atom is -0.496 e. The first kappa shape index (κ1) is 15.2. The summed E-state index contributed by atoms with van der Waals surface area (Å²) in [5.41, 5.74) is 5.79. The molecule has 0 spiro atoms. The van der Waals surface area contributed by atoms with Gasteiger partial charge in [0.25, 0.3) is 0 Å². The number of methoxy groups -OCH3 is 3. The van der Waals surface area contributed by atoms with Crippen molar-refractivity contribution in [3.05, 3.63) is 41.0 Å². The zero-order valence-corrected chi connectivity index (χ0v) is 13.5. The van der Waals surface area contributed by atoms with Crippen molar-refractivity contribution in [3.8, 4) is 28.4 Å². The first-order chi connectivity index (χ1) is 10.0. The van der Waals surface area contributed by atoms with Crippen LogP contribution in [0.25, 0.3) is 11.1 Å². The van der Waals surface area contributed by atoms with E-state index < -0.39 is 0 Å². The molecule has 2 rings (SSSR count). The van der Waals surface area contributed by atoms with Gasteiger partial charge in [-0.3, -0.25) is 0 Å². The summed E-state index contributed by atoms with van der Waals surface area (Å²) in [6.07, 6.45) is 0. The van der Waals surface area contributed by atoms with Crippen LogP contribution in [0, 0.1) is 20.8 Å². The van der Waals surface area contributed by atoms with Gasteiger partial charge in [-0.1, -0.05) is 17.7 Å². The molecule has 2 aromatic rings. The number of benzene rings is 2. The monoisotopic (exact) mass is 286 g/mol. The Kier molecular flexibility index (Phi) is 4.41. The predicted octanol–water partition coefficient (Wildman–Crippen LogP) is 4.30. The molecule has 0 aliphatic carbocycles. The molecule has 0 heterocycles. The van der Waals surface area contributed by atoms with E-state index in [1.54, 1.807) is 21.3 Å². The lowest BCUT2D eigenvalue weighted by molar-refractivity contribution is 0.377. The minimum absolute atomic E-state index is 0.717. The van der Waals surface area contributed by atoms with Crippen LogP contribution in [0.3, 0.4) is 0 Å². The zero-order chi connectivity index (χ0) is 15.6. The maximum atomic E-state index is 5.56. The van der Waals surface area contributed by atoms with Crippen molar-refractivity contribution in [2.24, 2.45) is 0 Å².